The van der Waals surface area contributed by atoms with Gasteiger partial charge in [-0.25, -0.2) is 0 Å². The number of fused-ring (bicyclic) bond motifs is 2. The summed E-state index contributed by atoms with van der Waals surface area (Å²) in [7, 11) is 0. The van der Waals surface area contributed by atoms with Gasteiger partial charge >= 0.3 is 0 Å². The van der Waals surface area contributed by atoms with Gasteiger partial charge in [0, 0.05) is 27.8 Å². The van der Waals surface area contributed by atoms with Gasteiger partial charge in [0.1, 0.15) is 5.75 Å². The highest BCUT2D eigenvalue weighted by molar-refractivity contribution is 6.31. The Morgan fingerprint density at radius 1 is 1.06 bits per heavy atom. The van der Waals surface area contributed by atoms with E-state index in [1.54, 1.807) is 29.2 Å². The number of halogens is 1. The van der Waals surface area contributed by atoms with Crippen LogP contribution in [0.1, 0.15) is 11.1 Å². The van der Waals surface area contributed by atoms with Crippen LogP contribution in [0.25, 0.3) is 10.9 Å². The van der Waals surface area contributed by atoms with Crippen LogP contribution >= 0.6 is 11.6 Å². The molecule has 0 saturated heterocycles. The number of H-pyrrole nitrogens is 1. The second-order valence-corrected chi connectivity index (χ2v) is 8.03. The Balaban J connectivity index is 1.37. The molecule has 32 heavy (non-hydrogen) atoms. The molecular formula is C25H20ClN3O3. The third-order valence-corrected chi connectivity index (χ3v) is 5.87. The van der Waals surface area contributed by atoms with E-state index in [2.05, 4.69) is 10.3 Å². The van der Waals surface area contributed by atoms with E-state index in [1.807, 2.05) is 48.7 Å². The number of hydrogen-bond donors (Lipinski definition) is 2. The number of nitrogens with one attached hydrogen (secondary N) is 2. The number of amides is 2. The van der Waals surface area contributed by atoms with Gasteiger partial charge in [-0.05, 0) is 41.5 Å². The second-order valence-electron chi connectivity index (χ2n) is 7.63. The number of anilines is 2. The highest BCUT2D eigenvalue weighted by atomic mass is 35.5. The average Bonchev–Trinajstić information content (AvgIpc) is 3.20. The molecule has 5 rings (SSSR count). The van der Waals surface area contributed by atoms with Gasteiger partial charge in [0.25, 0.3) is 5.91 Å². The van der Waals surface area contributed by atoms with E-state index in [4.69, 9.17) is 16.3 Å². The number of carbonyl (C=O) groups excluding carboxylic acids is 2. The standard InChI is InChI=1S/C25H20ClN3O3/c26-20-7-3-1-5-16(20)14-29-22-12-18(9-10-23(22)32-15-25(29)31)28-24(30)11-17-13-27-21-8-4-2-6-19(17)21/h1-10,12-13,27H,11,14-15H2,(H,28,30). The Morgan fingerprint density at radius 3 is 2.75 bits per heavy atom. The quantitative estimate of drug-likeness (QED) is 0.457. The Kier molecular flexibility index (Phi) is 5.29. The average molecular weight is 446 g/mol. The molecule has 0 spiro atoms. The lowest BCUT2D eigenvalue weighted by atomic mass is 10.1. The summed E-state index contributed by atoms with van der Waals surface area (Å²) >= 11 is 6.30. The Bertz CT molecular complexity index is 1330. The molecule has 4 aromatic rings. The first kappa shape index (κ1) is 20.2. The van der Waals surface area contributed by atoms with Gasteiger partial charge in [0.2, 0.25) is 5.91 Å². The minimum Gasteiger partial charge on any atom is -0.482 e. The van der Waals surface area contributed by atoms with Gasteiger partial charge in [0.15, 0.2) is 6.61 Å². The van der Waals surface area contributed by atoms with Crippen LogP contribution in [-0.4, -0.2) is 23.4 Å². The lowest BCUT2D eigenvalue weighted by Crippen LogP contribution is -2.38. The monoisotopic (exact) mass is 445 g/mol. The molecule has 0 unspecified atom stereocenters. The molecule has 1 aliphatic heterocycles. The summed E-state index contributed by atoms with van der Waals surface area (Å²) in [5.41, 5.74) is 3.95. The number of para-hydroxylation sites is 1. The van der Waals surface area contributed by atoms with Gasteiger partial charge in [-0.3, -0.25) is 9.59 Å². The fourth-order valence-electron chi connectivity index (χ4n) is 3.91. The summed E-state index contributed by atoms with van der Waals surface area (Å²) in [5.74, 6) is 0.279. The zero-order valence-electron chi connectivity index (χ0n) is 17.1. The van der Waals surface area contributed by atoms with Gasteiger partial charge in [-0.2, -0.15) is 0 Å². The fraction of sp³-hybridized carbons (Fsp3) is 0.120. The normalized spacial score (nSPS) is 13.0. The van der Waals surface area contributed by atoms with Crippen molar-refractivity contribution in [3.05, 3.63) is 89.1 Å². The summed E-state index contributed by atoms with van der Waals surface area (Å²) in [6, 6.07) is 20.6. The zero-order valence-corrected chi connectivity index (χ0v) is 17.9. The van der Waals surface area contributed by atoms with Crippen molar-refractivity contribution in [1.82, 2.24) is 4.98 Å². The molecule has 0 aliphatic carbocycles. The highest BCUT2D eigenvalue weighted by Crippen LogP contribution is 2.36. The third-order valence-electron chi connectivity index (χ3n) is 5.50. The van der Waals surface area contributed by atoms with Crippen LogP contribution in [0.15, 0.2) is 72.9 Å². The summed E-state index contributed by atoms with van der Waals surface area (Å²) in [5, 5.41) is 4.55. The van der Waals surface area contributed by atoms with E-state index in [0.29, 0.717) is 28.7 Å². The molecule has 0 saturated carbocycles. The molecule has 0 radical (unpaired) electrons. The summed E-state index contributed by atoms with van der Waals surface area (Å²) in [6.45, 7) is 0.283. The van der Waals surface area contributed by atoms with Crippen molar-refractivity contribution >= 4 is 45.7 Å². The number of aromatic amines is 1. The molecule has 7 heteroatoms. The largest absolute Gasteiger partial charge is 0.482 e. The van der Waals surface area contributed by atoms with Gasteiger partial charge < -0.3 is 19.9 Å². The van der Waals surface area contributed by atoms with Gasteiger partial charge in [0.05, 0.1) is 18.7 Å². The van der Waals surface area contributed by atoms with Crippen molar-refractivity contribution in [1.29, 1.82) is 0 Å². The molecule has 160 valence electrons. The molecule has 0 bridgehead atoms. The van der Waals surface area contributed by atoms with Crippen LogP contribution in [0.2, 0.25) is 5.02 Å². The first-order valence-corrected chi connectivity index (χ1v) is 10.6. The number of ether oxygens (including phenoxy) is 1. The molecular weight excluding hydrogens is 426 g/mol. The molecule has 1 aromatic heterocycles. The van der Waals surface area contributed by atoms with Crippen LogP contribution in [-0.2, 0) is 22.6 Å². The highest BCUT2D eigenvalue weighted by Gasteiger charge is 2.26. The molecule has 3 aromatic carbocycles. The van der Waals surface area contributed by atoms with Crippen molar-refractivity contribution in [3.63, 3.8) is 0 Å². The van der Waals surface area contributed by atoms with Crippen molar-refractivity contribution in [2.24, 2.45) is 0 Å². The van der Waals surface area contributed by atoms with E-state index in [1.165, 1.54) is 0 Å². The van der Waals surface area contributed by atoms with E-state index in [0.717, 1.165) is 22.0 Å². The van der Waals surface area contributed by atoms with Crippen LogP contribution in [0.5, 0.6) is 5.75 Å². The molecule has 2 amide bonds. The molecule has 0 fully saturated rings. The van der Waals surface area contributed by atoms with E-state index >= 15 is 0 Å². The zero-order chi connectivity index (χ0) is 22.1. The molecule has 0 atom stereocenters. The molecule has 2 heterocycles. The smallest absolute Gasteiger partial charge is 0.265 e. The first-order valence-electron chi connectivity index (χ1n) is 10.2. The number of nitrogens with zero attached hydrogens (tertiary/aromatic N) is 1. The number of benzene rings is 3. The predicted octanol–water partition coefficient (Wildman–Crippen LogP) is 4.93. The van der Waals surface area contributed by atoms with Gasteiger partial charge in [-0.1, -0.05) is 48.0 Å². The summed E-state index contributed by atoms with van der Waals surface area (Å²) in [6.07, 6.45) is 2.09. The molecule has 2 N–H and O–H groups in total. The lowest BCUT2D eigenvalue weighted by Gasteiger charge is -2.30. The number of carbonyl (C=O) groups is 2. The minimum absolute atomic E-state index is 0.0380. The Morgan fingerprint density at radius 2 is 1.88 bits per heavy atom. The minimum atomic E-state index is -0.167. The molecule has 1 aliphatic rings. The van der Waals surface area contributed by atoms with Crippen molar-refractivity contribution in [2.75, 3.05) is 16.8 Å². The SMILES string of the molecule is O=C(Cc1c[nH]c2ccccc12)Nc1ccc2c(c1)N(Cc1ccccc1Cl)C(=O)CO2. The fourth-order valence-corrected chi connectivity index (χ4v) is 4.10. The van der Waals surface area contributed by atoms with Crippen LogP contribution in [0, 0.1) is 0 Å². The van der Waals surface area contributed by atoms with E-state index < -0.39 is 0 Å². The van der Waals surface area contributed by atoms with Gasteiger partial charge in [-0.15, -0.1) is 0 Å². The predicted molar refractivity (Wildman–Crippen MR) is 125 cm³/mol. The number of rotatable bonds is 5. The number of aromatic nitrogens is 1. The maximum absolute atomic E-state index is 12.7. The number of hydrogen-bond acceptors (Lipinski definition) is 3. The van der Waals surface area contributed by atoms with E-state index in [-0.39, 0.29) is 24.8 Å². The topological polar surface area (TPSA) is 74.4 Å². The second kappa shape index (κ2) is 8.40. The van der Waals surface area contributed by atoms with Crippen LogP contribution in [0.3, 0.4) is 0 Å². The maximum atomic E-state index is 12.7. The third kappa shape index (κ3) is 3.92. The maximum Gasteiger partial charge on any atom is 0.265 e. The van der Waals surface area contributed by atoms with Crippen LogP contribution in [0.4, 0.5) is 11.4 Å². The van der Waals surface area contributed by atoms with E-state index in [9.17, 15) is 9.59 Å². The lowest BCUT2D eigenvalue weighted by molar-refractivity contribution is -0.121. The molecule has 6 nitrogen and oxygen atoms in total. The Labute approximate surface area is 189 Å². The summed E-state index contributed by atoms with van der Waals surface area (Å²) in [4.78, 5) is 30.1. The van der Waals surface area contributed by atoms with Crippen LogP contribution < -0.4 is 15.0 Å². The van der Waals surface area contributed by atoms with Crippen molar-refractivity contribution in [3.8, 4) is 5.75 Å². The Hall–Kier alpha value is -3.77. The first-order chi connectivity index (χ1) is 15.6. The summed E-state index contributed by atoms with van der Waals surface area (Å²) < 4.78 is 5.59. The van der Waals surface area contributed by atoms with Crippen molar-refractivity contribution < 1.29 is 14.3 Å². The van der Waals surface area contributed by atoms with Crippen molar-refractivity contribution in [2.45, 2.75) is 13.0 Å².